The van der Waals surface area contributed by atoms with Gasteiger partial charge in [-0.1, -0.05) is 36.4 Å². The Morgan fingerprint density at radius 2 is 1.66 bits per heavy atom. The summed E-state index contributed by atoms with van der Waals surface area (Å²) < 4.78 is 25.6. The number of carbonyl (C=O) groups excluding carboxylic acids is 3. The lowest BCUT2D eigenvalue weighted by molar-refractivity contribution is -0.139. The highest BCUT2D eigenvalue weighted by molar-refractivity contribution is 5.84. The largest absolute Gasteiger partial charge is 0.444 e. The zero-order valence-electron chi connectivity index (χ0n) is 24.0. The fourth-order valence-electron chi connectivity index (χ4n) is 5.25. The molecule has 0 saturated carbocycles. The number of nitrogens with one attached hydrogen (secondary N) is 1. The van der Waals surface area contributed by atoms with Gasteiger partial charge in [-0.3, -0.25) is 10.1 Å². The molecular weight excluding hydrogens is 529 g/mol. The van der Waals surface area contributed by atoms with Gasteiger partial charge >= 0.3 is 12.2 Å². The average Bonchev–Trinajstić information content (AvgIpc) is 2.92. The van der Waals surface area contributed by atoms with Crippen LogP contribution in [0.25, 0.3) is 0 Å². The van der Waals surface area contributed by atoms with Crippen LogP contribution >= 0.6 is 0 Å². The van der Waals surface area contributed by atoms with Crippen molar-refractivity contribution < 1.29 is 33.4 Å². The lowest BCUT2D eigenvalue weighted by Crippen LogP contribution is -2.50. The van der Waals surface area contributed by atoms with Crippen molar-refractivity contribution in [2.45, 2.75) is 76.6 Å². The molecule has 0 aromatic heterocycles. The van der Waals surface area contributed by atoms with E-state index >= 15 is 0 Å². The number of ether oxygens (including phenoxy) is 2. The molecule has 222 valence electrons. The number of hydrogen-bond acceptors (Lipinski definition) is 6. The maximum atomic E-state index is 15.0. The first kappa shape index (κ1) is 30.3. The van der Waals surface area contributed by atoms with E-state index in [2.05, 4.69) is 5.32 Å². The van der Waals surface area contributed by atoms with Crippen LogP contribution in [0.5, 0.6) is 0 Å². The molecule has 2 aliphatic rings. The number of likely N-dealkylation sites (tertiary alicyclic amines) is 2. The third-order valence-electron chi connectivity index (χ3n) is 7.57. The molecule has 10 heteroatoms. The number of carbonyl (C=O) groups is 3. The number of hydrogen-bond donors (Lipinski definition) is 2. The Labute approximate surface area is 240 Å². The quantitative estimate of drug-likeness (QED) is 0.480. The van der Waals surface area contributed by atoms with Crippen molar-refractivity contribution in [1.82, 2.24) is 9.80 Å². The first-order valence-corrected chi connectivity index (χ1v) is 14.2. The zero-order valence-corrected chi connectivity index (χ0v) is 24.0. The molecule has 4 rings (SSSR count). The third kappa shape index (κ3) is 8.66. The normalized spacial score (nSPS) is 17.6. The smallest absolute Gasteiger partial charge is 0.411 e. The Bertz CT molecular complexity index is 1220. The van der Waals surface area contributed by atoms with E-state index in [1.165, 1.54) is 6.07 Å². The fraction of sp³-hybridized carbons (Fsp3) is 0.516. The van der Waals surface area contributed by atoms with Crippen LogP contribution in [0.2, 0.25) is 0 Å². The molecule has 2 fully saturated rings. The number of rotatable bonds is 6. The minimum absolute atomic E-state index is 0.00504. The van der Waals surface area contributed by atoms with Gasteiger partial charge in [0.15, 0.2) is 0 Å². The number of benzene rings is 2. The maximum absolute atomic E-state index is 15.0. The van der Waals surface area contributed by atoms with Crippen molar-refractivity contribution in [3.05, 3.63) is 65.5 Å². The van der Waals surface area contributed by atoms with Crippen LogP contribution in [-0.4, -0.2) is 70.4 Å². The van der Waals surface area contributed by atoms with Crippen molar-refractivity contribution in [1.29, 1.82) is 0 Å². The Kier molecular flexibility index (Phi) is 9.53. The van der Waals surface area contributed by atoms with E-state index in [0.29, 0.717) is 63.1 Å². The highest BCUT2D eigenvalue weighted by Crippen LogP contribution is 2.33. The molecule has 41 heavy (non-hydrogen) atoms. The summed E-state index contributed by atoms with van der Waals surface area (Å²) in [5, 5.41) is 13.6. The van der Waals surface area contributed by atoms with E-state index in [4.69, 9.17) is 9.47 Å². The number of amides is 3. The molecule has 0 spiro atoms. The average molecular weight is 570 g/mol. The maximum Gasteiger partial charge on any atom is 0.411 e. The van der Waals surface area contributed by atoms with Gasteiger partial charge in [-0.2, -0.15) is 0 Å². The van der Waals surface area contributed by atoms with Crippen molar-refractivity contribution in [2.75, 3.05) is 31.5 Å². The van der Waals surface area contributed by atoms with Crippen LogP contribution in [0.3, 0.4) is 0 Å². The van der Waals surface area contributed by atoms with Crippen molar-refractivity contribution >= 4 is 23.8 Å². The summed E-state index contributed by atoms with van der Waals surface area (Å²) in [6.45, 7) is 7.13. The highest BCUT2D eigenvalue weighted by atomic mass is 19.1. The molecule has 0 unspecified atom stereocenters. The van der Waals surface area contributed by atoms with E-state index < -0.39 is 29.2 Å². The number of anilines is 1. The van der Waals surface area contributed by atoms with Crippen LogP contribution < -0.4 is 5.32 Å². The minimum Gasteiger partial charge on any atom is -0.444 e. The molecule has 0 aliphatic carbocycles. The molecule has 3 amide bonds. The van der Waals surface area contributed by atoms with Gasteiger partial charge in [0.2, 0.25) is 5.91 Å². The van der Waals surface area contributed by atoms with Gasteiger partial charge in [-0.15, -0.1) is 0 Å². The summed E-state index contributed by atoms with van der Waals surface area (Å²) in [7, 11) is 0. The van der Waals surface area contributed by atoms with Crippen LogP contribution in [0, 0.1) is 5.82 Å². The van der Waals surface area contributed by atoms with Crippen LogP contribution in [0.4, 0.5) is 19.7 Å². The predicted octanol–water partition coefficient (Wildman–Crippen LogP) is 5.43. The molecule has 2 N–H and O–H groups in total. The second-order valence-corrected chi connectivity index (χ2v) is 11.9. The Hall–Kier alpha value is -3.66. The highest BCUT2D eigenvalue weighted by Gasteiger charge is 2.38. The third-order valence-corrected chi connectivity index (χ3v) is 7.57. The molecule has 9 nitrogen and oxygen atoms in total. The summed E-state index contributed by atoms with van der Waals surface area (Å²) in [4.78, 5) is 40.7. The Balaban J connectivity index is 1.22. The summed E-state index contributed by atoms with van der Waals surface area (Å²) in [6.07, 6.45) is 0.727. The topological polar surface area (TPSA) is 108 Å². The zero-order chi connectivity index (χ0) is 29.6. The summed E-state index contributed by atoms with van der Waals surface area (Å²) in [5.74, 6) is -0.606. The van der Waals surface area contributed by atoms with Crippen LogP contribution in [-0.2, 0) is 20.9 Å². The van der Waals surface area contributed by atoms with Gasteiger partial charge in [-0.25, -0.2) is 14.0 Å². The number of piperidine rings is 2. The summed E-state index contributed by atoms with van der Waals surface area (Å²) >= 11 is 0. The van der Waals surface area contributed by atoms with Crippen molar-refractivity contribution in [3.63, 3.8) is 0 Å². The van der Waals surface area contributed by atoms with Gasteiger partial charge in [0.05, 0.1) is 12.0 Å². The van der Waals surface area contributed by atoms with E-state index in [9.17, 15) is 23.9 Å². The molecule has 0 radical (unpaired) electrons. The summed E-state index contributed by atoms with van der Waals surface area (Å²) in [5.41, 5.74) is -0.0437. The molecule has 2 heterocycles. The number of nitrogens with zero attached hydrogens (tertiary/aromatic N) is 2. The van der Waals surface area contributed by atoms with Gasteiger partial charge < -0.3 is 24.4 Å². The molecule has 2 saturated heterocycles. The van der Waals surface area contributed by atoms with Crippen molar-refractivity contribution in [2.24, 2.45) is 0 Å². The molecule has 2 aromatic rings. The van der Waals surface area contributed by atoms with Gasteiger partial charge in [-0.05, 0) is 75.6 Å². The Morgan fingerprint density at radius 3 is 2.27 bits per heavy atom. The lowest BCUT2D eigenvalue weighted by atomic mass is 9.86. The predicted molar refractivity (Wildman–Crippen MR) is 152 cm³/mol. The van der Waals surface area contributed by atoms with Crippen LogP contribution in [0.15, 0.2) is 48.5 Å². The number of aliphatic hydroxyl groups is 1. The van der Waals surface area contributed by atoms with Gasteiger partial charge in [0.25, 0.3) is 0 Å². The SMILES string of the molecule is CC(C)(C)OC(=O)N1CCC(O)(CC(=O)N2CCC(c3ccc(NC(=O)OCc4ccccc4)cc3F)CC2)CC1. The second-order valence-electron chi connectivity index (χ2n) is 11.9. The van der Waals surface area contributed by atoms with E-state index in [1.807, 2.05) is 30.3 Å². The van der Waals surface area contributed by atoms with Gasteiger partial charge in [0, 0.05) is 31.9 Å². The molecule has 0 bridgehead atoms. The van der Waals surface area contributed by atoms with E-state index in [0.717, 1.165) is 5.56 Å². The molecule has 2 aromatic carbocycles. The standard InChI is InChI=1S/C31H40FN3O6/c1-30(2,3)41-29(38)35-17-13-31(39,14-18-35)20-27(36)34-15-11-23(12-16-34)25-10-9-24(19-26(25)32)33-28(37)40-21-22-7-5-4-6-8-22/h4-10,19,23,39H,11-18,20-21H2,1-3H3,(H,33,37). The molecule has 0 atom stereocenters. The monoisotopic (exact) mass is 569 g/mol. The molecule has 2 aliphatic heterocycles. The van der Waals surface area contributed by atoms with Crippen LogP contribution in [0.1, 0.15) is 69.9 Å². The second kappa shape index (κ2) is 12.9. The number of halogens is 1. The van der Waals surface area contributed by atoms with Gasteiger partial charge in [0.1, 0.15) is 18.0 Å². The molecular formula is C31H40FN3O6. The van der Waals surface area contributed by atoms with E-state index in [1.54, 1.807) is 42.7 Å². The summed E-state index contributed by atoms with van der Waals surface area (Å²) in [6, 6.07) is 13.9. The lowest BCUT2D eigenvalue weighted by Gasteiger charge is -2.40. The first-order chi connectivity index (χ1) is 19.4. The van der Waals surface area contributed by atoms with E-state index in [-0.39, 0.29) is 24.9 Å². The Morgan fingerprint density at radius 1 is 1.00 bits per heavy atom. The van der Waals surface area contributed by atoms with Crippen molar-refractivity contribution in [3.8, 4) is 0 Å². The first-order valence-electron chi connectivity index (χ1n) is 14.2. The minimum atomic E-state index is -1.16. The fourth-order valence-corrected chi connectivity index (χ4v) is 5.25.